The molecule has 0 unspecified atom stereocenters. The molecule has 8 nitrogen and oxygen atoms in total. The molecule has 2 aliphatic rings. The van der Waals surface area contributed by atoms with Gasteiger partial charge in [0.1, 0.15) is 11.5 Å². The number of esters is 1. The molecule has 1 aromatic carbocycles. The van der Waals surface area contributed by atoms with Gasteiger partial charge in [-0.15, -0.1) is 0 Å². The maximum absolute atomic E-state index is 13.1. The first-order valence-corrected chi connectivity index (χ1v) is 10.9. The van der Waals surface area contributed by atoms with Crippen molar-refractivity contribution in [3.05, 3.63) is 79.4 Å². The number of anilines is 1. The van der Waals surface area contributed by atoms with E-state index in [1.54, 1.807) is 25.1 Å². The summed E-state index contributed by atoms with van der Waals surface area (Å²) < 4.78 is 5.29. The van der Waals surface area contributed by atoms with E-state index in [0.29, 0.717) is 30.5 Å². The van der Waals surface area contributed by atoms with Crippen LogP contribution in [0.4, 0.5) is 11.4 Å². The van der Waals surface area contributed by atoms with Gasteiger partial charge in [0.15, 0.2) is 5.78 Å². The zero-order chi connectivity index (χ0) is 22.1. The average Bonchev–Trinajstić information content (AvgIpc) is 3.28. The van der Waals surface area contributed by atoms with Crippen LogP contribution >= 0.6 is 11.3 Å². The molecule has 31 heavy (non-hydrogen) atoms. The Hall–Kier alpha value is -3.46. The molecular formula is C22H21N3O5S. The minimum atomic E-state index is -0.660. The second kappa shape index (κ2) is 8.35. The number of nitrogens with zero attached hydrogens (tertiary/aromatic N) is 2. The number of nitro groups is 1. The monoisotopic (exact) mass is 439 g/mol. The van der Waals surface area contributed by atoms with Crippen molar-refractivity contribution in [2.75, 3.05) is 11.5 Å². The molecule has 2 aromatic rings. The highest BCUT2D eigenvalue weighted by Crippen LogP contribution is 2.48. The smallest absolute Gasteiger partial charge is 0.338 e. The quantitative estimate of drug-likeness (QED) is 0.425. The van der Waals surface area contributed by atoms with E-state index in [-0.39, 0.29) is 35.2 Å². The molecule has 4 rings (SSSR count). The van der Waals surface area contributed by atoms with E-state index in [1.165, 1.54) is 22.3 Å². The molecule has 0 amide bonds. The van der Waals surface area contributed by atoms with E-state index in [1.807, 2.05) is 16.8 Å². The molecule has 2 heterocycles. The Balaban J connectivity index is 2.02. The number of carbonyl (C=O) groups is 2. The normalized spacial score (nSPS) is 18.8. The summed E-state index contributed by atoms with van der Waals surface area (Å²) in [6.45, 7) is 1.82. The Morgan fingerprint density at radius 3 is 2.77 bits per heavy atom. The van der Waals surface area contributed by atoms with Crippen molar-refractivity contribution in [2.24, 2.45) is 5.73 Å². The largest absolute Gasteiger partial charge is 0.463 e. The summed E-state index contributed by atoms with van der Waals surface area (Å²) in [5, 5.41) is 15.5. The van der Waals surface area contributed by atoms with Crippen LogP contribution in [0, 0.1) is 10.1 Å². The number of carbonyl (C=O) groups excluding carboxylic acids is 2. The molecule has 0 fully saturated rings. The molecule has 160 valence electrons. The Bertz CT molecular complexity index is 1120. The fourth-order valence-electron chi connectivity index (χ4n) is 4.25. The van der Waals surface area contributed by atoms with E-state index in [4.69, 9.17) is 10.5 Å². The molecule has 9 heteroatoms. The standard InChI is InChI=1S/C22H21N3O5S/c1-2-30-22(27)20-18(13-10-11-31-12-13)19-16(8-5-9-17(19)26)24(21(20)23)14-6-3-4-7-15(14)25(28)29/h3-4,6-7,10-12,18H,2,5,8-9,23H2,1H3/t18-/m0/s1. The van der Waals surface area contributed by atoms with Crippen molar-refractivity contribution in [3.63, 3.8) is 0 Å². The highest BCUT2D eigenvalue weighted by molar-refractivity contribution is 7.08. The molecular weight excluding hydrogens is 418 g/mol. The molecule has 1 atom stereocenters. The molecule has 0 saturated heterocycles. The van der Waals surface area contributed by atoms with Crippen LogP contribution in [0.1, 0.15) is 37.7 Å². The minimum Gasteiger partial charge on any atom is -0.463 e. The van der Waals surface area contributed by atoms with Crippen molar-refractivity contribution >= 4 is 34.5 Å². The summed E-state index contributed by atoms with van der Waals surface area (Å²) in [6, 6.07) is 8.03. The van der Waals surface area contributed by atoms with Crippen LogP contribution in [0.15, 0.2) is 63.8 Å². The molecule has 2 N–H and O–H groups in total. The van der Waals surface area contributed by atoms with E-state index in [0.717, 1.165) is 5.56 Å². The second-order valence-electron chi connectivity index (χ2n) is 7.23. The lowest BCUT2D eigenvalue weighted by molar-refractivity contribution is -0.384. The number of hydrogen-bond acceptors (Lipinski definition) is 8. The fraction of sp³-hybridized carbons (Fsp3) is 0.273. The van der Waals surface area contributed by atoms with Gasteiger partial charge in [-0.1, -0.05) is 12.1 Å². The highest BCUT2D eigenvalue weighted by atomic mass is 32.1. The third kappa shape index (κ3) is 3.50. The third-order valence-electron chi connectivity index (χ3n) is 5.48. The van der Waals surface area contributed by atoms with Gasteiger partial charge < -0.3 is 10.5 Å². The first-order valence-electron chi connectivity index (χ1n) is 9.94. The van der Waals surface area contributed by atoms with Gasteiger partial charge in [-0.25, -0.2) is 4.79 Å². The maximum Gasteiger partial charge on any atom is 0.338 e. The number of nitro benzene ring substituents is 1. The molecule has 0 spiro atoms. The zero-order valence-electron chi connectivity index (χ0n) is 16.9. The van der Waals surface area contributed by atoms with Gasteiger partial charge in [-0.3, -0.25) is 19.8 Å². The van der Waals surface area contributed by atoms with Crippen LogP contribution < -0.4 is 10.6 Å². The number of nitrogens with two attached hydrogens (primary N) is 1. The first-order chi connectivity index (χ1) is 15.0. The van der Waals surface area contributed by atoms with Crippen molar-refractivity contribution < 1.29 is 19.2 Å². The number of para-hydroxylation sites is 2. The summed E-state index contributed by atoms with van der Waals surface area (Å²) in [7, 11) is 0. The average molecular weight is 439 g/mol. The SMILES string of the molecule is CCOC(=O)C1=C(N)N(c2ccccc2[N+](=O)[O-])C2=C(C(=O)CCC2)[C@@H]1c1ccsc1. The lowest BCUT2D eigenvalue weighted by Crippen LogP contribution is -2.41. The number of Topliss-reactive ketones (excluding diaryl/α,β-unsaturated/α-hetero) is 1. The fourth-order valence-corrected chi connectivity index (χ4v) is 4.94. The van der Waals surface area contributed by atoms with Crippen LogP contribution in [-0.4, -0.2) is 23.3 Å². The number of hydrogen-bond donors (Lipinski definition) is 1. The van der Waals surface area contributed by atoms with Gasteiger partial charge in [0.05, 0.1) is 23.0 Å². The van der Waals surface area contributed by atoms with E-state index in [2.05, 4.69) is 0 Å². The molecule has 0 saturated carbocycles. The molecule has 1 aliphatic heterocycles. The van der Waals surface area contributed by atoms with Gasteiger partial charge in [-0.2, -0.15) is 11.3 Å². The number of ketones is 1. The Morgan fingerprint density at radius 1 is 1.32 bits per heavy atom. The topological polar surface area (TPSA) is 116 Å². The summed E-state index contributed by atoms with van der Waals surface area (Å²) in [5.41, 5.74) is 8.58. The molecule has 1 aromatic heterocycles. The van der Waals surface area contributed by atoms with Gasteiger partial charge in [-0.05, 0) is 48.2 Å². The zero-order valence-corrected chi connectivity index (χ0v) is 17.7. The van der Waals surface area contributed by atoms with Crippen LogP contribution in [0.25, 0.3) is 0 Å². The third-order valence-corrected chi connectivity index (χ3v) is 6.19. The Labute approximate surface area is 182 Å². The number of ether oxygens (including phenoxy) is 1. The van der Waals surface area contributed by atoms with Crippen LogP contribution in [-0.2, 0) is 14.3 Å². The molecule has 0 radical (unpaired) electrons. The van der Waals surface area contributed by atoms with Crippen LogP contribution in [0.2, 0.25) is 0 Å². The predicted molar refractivity (Wildman–Crippen MR) is 116 cm³/mol. The van der Waals surface area contributed by atoms with Crippen LogP contribution in [0.5, 0.6) is 0 Å². The Kier molecular flexibility index (Phi) is 5.60. The first kappa shape index (κ1) is 20.8. The lowest BCUT2D eigenvalue weighted by atomic mass is 9.76. The second-order valence-corrected chi connectivity index (χ2v) is 8.01. The van der Waals surface area contributed by atoms with Gasteiger partial charge in [0.2, 0.25) is 0 Å². The number of allylic oxidation sites excluding steroid dienone is 2. The van der Waals surface area contributed by atoms with Crippen molar-refractivity contribution in [3.8, 4) is 0 Å². The van der Waals surface area contributed by atoms with Gasteiger partial charge in [0.25, 0.3) is 5.69 Å². The summed E-state index contributed by atoms with van der Waals surface area (Å²) in [6.07, 6.45) is 1.47. The number of thiophene rings is 1. The van der Waals surface area contributed by atoms with E-state index in [9.17, 15) is 19.7 Å². The summed E-state index contributed by atoms with van der Waals surface area (Å²) in [4.78, 5) is 38.9. The maximum atomic E-state index is 13.1. The summed E-state index contributed by atoms with van der Waals surface area (Å²) in [5.74, 6) is -1.33. The van der Waals surface area contributed by atoms with Gasteiger partial charge >= 0.3 is 5.97 Å². The lowest BCUT2D eigenvalue weighted by Gasteiger charge is -2.40. The molecule has 0 bridgehead atoms. The van der Waals surface area contributed by atoms with E-state index < -0.39 is 16.8 Å². The van der Waals surface area contributed by atoms with Crippen molar-refractivity contribution in [1.82, 2.24) is 0 Å². The minimum absolute atomic E-state index is 0.0531. The summed E-state index contributed by atoms with van der Waals surface area (Å²) >= 11 is 1.45. The Morgan fingerprint density at radius 2 is 2.10 bits per heavy atom. The van der Waals surface area contributed by atoms with Gasteiger partial charge in [0, 0.05) is 23.8 Å². The predicted octanol–water partition coefficient (Wildman–Crippen LogP) is 4.00. The molecule has 1 aliphatic carbocycles. The van der Waals surface area contributed by atoms with Crippen LogP contribution in [0.3, 0.4) is 0 Å². The van der Waals surface area contributed by atoms with Crippen molar-refractivity contribution in [2.45, 2.75) is 32.1 Å². The van der Waals surface area contributed by atoms with E-state index >= 15 is 0 Å². The number of benzene rings is 1. The highest BCUT2D eigenvalue weighted by Gasteiger charge is 2.44. The number of rotatable bonds is 5. The van der Waals surface area contributed by atoms with Crippen molar-refractivity contribution in [1.29, 1.82) is 0 Å².